The van der Waals surface area contributed by atoms with E-state index in [1.165, 1.54) is 4.68 Å². The number of fused-ring (bicyclic) bond motifs is 1. The van der Waals surface area contributed by atoms with Crippen molar-refractivity contribution >= 4 is 5.82 Å². The van der Waals surface area contributed by atoms with E-state index >= 15 is 0 Å². The van der Waals surface area contributed by atoms with Gasteiger partial charge in [0.15, 0.2) is 0 Å². The molecule has 6 nitrogen and oxygen atoms in total. The number of aromatic nitrogens is 4. The normalized spacial score (nSPS) is 14.2. The highest BCUT2D eigenvalue weighted by atomic mass is 16.2. The zero-order chi connectivity index (χ0) is 13.2. The van der Waals surface area contributed by atoms with Gasteiger partial charge in [0.25, 0.3) is 0 Å². The van der Waals surface area contributed by atoms with Crippen molar-refractivity contribution in [1.29, 1.82) is 0 Å². The Morgan fingerprint density at radius 2 is 2.26 bits per heavy atom. The molecule has 0 aliphatic carbocycles. The molecule has 0 spiro atoms. The maximum Gasteiger partial charge on any atom is 0.346 e. The monoisotopic (exact) mass is 259 g/mol. The highest BCUT2D eigenvalue weighted by molar-refractivity contribution is 5.34. The molecule has 2 aromatic rings. The Hall–Kier alpha value is -2.11. The van der Waals surface area contributed by atoms with Crippen molar-refractivity contribution in [1.82, 2.24) is 19.3 Å². The standard InChI is InChI=1S/C13H17N5O/c1-14-11-6-4-5-10(15-11)9-18-13(19)17-8-3-2-7-12(17)16-18/h4-6H,2-3,7-9H2,1H3,(H,14,15). The molecule has 0 atom stereocenters. The van der Waals surface area contributed by atoms with E-state index < -0.39 is 0 Å². The summed E-state index contributed by atoms with van der Waals surface area (Å²) in [6, 6.07) is 5.73. The fourth-order valence-corrected chi connectivity index (χ4v) is 2.41. The molecule has 0 radical (unpaired) electrons. The van der Waals surface area contributed by atoms with E-state index in [0.29, 0.717) is 6.54 Å². The number of nitrogens with zero attached hydrogens (tertiary/aromatic N) is 4. The van der Waals surface area contributed by atoms with Crippen LogP contribution in [0.25, 0.3) is 0 Å². The molecule has 0 bridgehead atoms. The third-order valence-electron chi connectivity index (χ3n) is 3.41. The smallest absolute Gasteiger partial charge is 0.346 e. The number of hydrogen-bond acceptors (Lipinski definition) is 4. The van der Waals surface area contributed by atoms with E-state index in [2.05, 4.69) is 15.4 Å². The van der Waals surface area contributed by atoms with Crippen LogP contribution < -0.4 is 11.0 Å². The van der Waals surface area contributed by atoms with Crippen LogP contribution in [-0.2, 0) is 19.5 Å². The van der Waals surface area contributed by atoms with E-state index in [1.807, 2.05) is 25.2 Å². The minimum absolute atomic E-state index is 0.0219. The lowest BCUT2D eigenvalue weighted by molar-refractivity contribution is 0.511. The fraction of sp³-hybridized carbons (Fsp3) is 0.462. The van der Waals surface area contributed by atoms with Crippen LogP contribution in [0.1, 0.15) is 24.4 Å². The number of nitrogens with one attached hydrogen (secondary N) is 1. The Bertz CT molecular complexity index is 643. The van der Waals surface area contributed by atoms with E-state index in [4.69, 9.17) is 0 Å². The van der Waals surface area contributed by atoms with Crippen molar-refractivity contribution in [2.45, 2.75) is 32.4 Å². The second kappa shape index (κ2) is 4.87. The Morgan fingerprint density at radius 3 is 3.05 bits per heavy atom. The van der Waals surface area contributed by atoms with Crippen LogP contribution in [0.15, 0.2) is 23.0 Å². The van der Waals surface area contributed by atoms with Gasteiger partial charge in [0.1, 0.15) is 11.6 Å². The van der Waals surface area contributed by atoms with Gasteiger partial charge in [-0.1, -0.05) is 6.07 Å². The lowest BCUT2D eigenvalue weighted by Crippen LogP contribution is -2.27. The van der Waals surface area contributed by atoms with Crippen LogP contribution >= 0.6 is 0 Å². The number of pyridine rings is 1. The number of rotatable bonds is 3. The molecule has 1 aliphatic rings. The molecule has 2 aromatic heterocycles. The quantitative estimate of drug-likeness (QED) is 0.888. The van der Waals surface area contributed by atoms with Crippen molar-refractivity contribution in [2.75, 3.05) is 12.4 Å². The number of anilines is 1. The number of hydrogen-bond donors (Lipinski definition) is 1. The highest BCUT2D eigenvalue weighted by Crippen LogP contribution is 2.10. The second-order valence-electron chi connectivity index (χ2n) is 4.73. The summed E-state index contributed by atoms with van der Waals surface area (Å²) in [6.07, 6.45) is 3.07. The van der Waals surface area contributed by atoms with Gasteiger partial charge >= 0.3 is 5.69 Å². The van der Waals surface area contributed by atoms with Crippen LogP contribution in [0.5, 0.6) is 0 Å². The van der Waals surface area contributed by atoms with E-state index in [-0.39, 0.29) is 5.69 Å². The van der Waals surface area contributed by atoms with Crippen molar-refractivity contribution in [3.63, 3.8) is 0 Å². The zero-order valence-corrected chi connectivity index (χ0v) is 11.0. The third-order valence-corrected chi connectivity index (χ3v) is 3.41. The molecule has 100 valence electrons. The van der Waals surface area contributed by atoms with E-state index in [9.17, 15) is 4.79 Å². The molecule has 1 N–H and O–H groups in total. The first kappa shape index (κ1) is 12.0. The number of aryl methyl sites for hydroxylation is 1. The summed E-state index contributed by atoms with van der Waals surface area (Å²) < 4.78 is 3.30. The molecule has 0 amide bonds. The molecular weight excluding hydrogens is 242 g/mol. The summed E-state index contributed by atoms with van der Waals surface area (Å²) >= 11 is 0. The average Bonchev–Trinajstić information content (AvgIpc) is 2.76. The maximum absolute atomic E-state index is 12.2. The van der Waals surface area contributed by atoms with Gasteiger partial charge in [0.2, 0.25) is 0 Å². The fourth-order valence-electron chi connectivity index (χ4n) is 2.41. The zero-order valence-electron chi connectivity index (χ0n) is 11.0. The van der Waals surface area contributed by atoms with Gasteiger partial charge in [-0.05, 0) is 25.0 Å². The second-order valence-corrected chi connectivity index (χ2v) is 4.73. The summed E-state index contributed by atoms with van der Waals surface area (Å²) in [5.41, 5.74) is 0.816. The molecule has 0 aromatic carbocycles. The van der Waals surface area contributed by atoms with E-state index in [0.717, 1.165) is 43.1 Å². The van der Waals surface area contributed by atoms with Crippen molar-refractivity contribution in [2.24, 2.45) is 0 Å². The lowest BCUT2D eigenvalue weighted by Gasteiger charge is -2.09. The summed E-state index contributed by atoms with van der Waals surface area (Å²) in [7, 11) is 1.83. The molecule has 3 rings (SSSR count). The van der Waals surface area contributed by atoms with Gasteiger partial charge in [-0.3, -0.25) is 4.57 Å². The molecular formula is C13H17N5O. The first-order chi connectivity index (χ1) is 9.28. The SMILES string of the molecule is CNc1cccc(Cn2nc3n(c2=O)CCCC3)n1. The summed E-state index contributed by atoms with van der Waals surface area (Å²) in [5.74, 6) is 1.70. The minimum atomic E-state index is -0.0219. The first-order valence-corrected chi connectivity index (χ1v) is 6.58. The molecule has 3 heterocycles. The van der Waals surface area contributed by atoms with Gasteiger partial charge < -0.3 is 5.32 Å². The van der Waals surface area contributed by atoms with Gasteiger partial charge in [-0.25, -0.2) is 14.5 Å². The molecule has 6 heteroatoms. The van der Waals surface area contributed by atoms with Crippen molar-refractivity contribution in [3.8, 4) is 0 Å². The molecule has 0 saturated heterocycles. The minimum Gasteiger partial charge on any atom is -0.373 e. The van der Waals surface area contributed by atoms with Crippen LogP contribution in [-0.4, -0.2) is 26.4 Å². The Labute approximate surface area is 111 Å². The summed E-state index contributed by atoms with van der Waals surface area (Å²) in [6.45, 7) is 1.21. The predicted octanol–water partition coefficient (Wildman–Crippen LogP) is 0.866. The first-order valence-electron chi connectivity index (χ1n) is 6.58. The molecule has 0 saturated carbocycles. The van der Waals surface area contributed by atoms with Crippen LogP contribution in [0, 0.1) is 0 Å². The Balaban J connectivity index is 1.91. The Kier molecular flexibility index (Phi) is 3.06. The van der Waals surface area contributed by atoms with E-state index in [1.54, 1.807) is 4.57 Å². The van der Waals surface area contributed by atoms with Gasteiger partial charge in [-0.2, -0.15) is 5.10 Å². The van der Waals surface area contributed by atoms with Gasteiger partial charge in [0.05, 0.1) is 12.2 Å². The van der Waals surface area contributed by atoms with Crippen LogP contribution in [0.4, 0.5) is 5.82 Å². The summed E-state index contributed by atoms with van der Waals surface area (Å²) in [4.78, 5) is 16.6. The summed E-state index contributed by atoms with van der Waals surface area (Å²) in [5, 5.41) is 7.40. The molecule has 0 fully saturated rings. The van der Waals surface area contributed by atoms with Gasteiger partial charge in [-0.15, -0.1) is 0 Å². The molecule has 1 aliphatic heterocycles. The molecule has 19 heavy (non-hydrogen) atoms. The Morgan fingerprint density at radius 1 is 1.37 bits per heavy atom. The van der Waals surface area contributed by atoms with Crippen molar-refractivity contribution in [3.05, 3.63) is 40.2 Å². The van der Waals surface area contributed by atoms with Crippen molar-refractivity contribution < 1.29 is 0 Å². The predicted molar refractivity (Wildman–Crippen MR) is 72.3 cm³/mol. The maximum atomic E-state index is 12.2. The topological polar surface area (TPSA) is 64.7 Å². The highest BCUT2D eigenvalue weighted by Gasteiger charge is 2.16. The third kappa shape index (κ3) is 2.25. The van der Waals surface area contributed by atoms with Crippen LogP contribution in [0.3, 0.4) is 0 Å². The van der Waals surface area contributed by atoms with Crippen LogP contribution in [0.2, 0.25) is 0 Å². The lowest BCUT2D eigenvalue weighted by atomic mass is 10.2. The molecule has 0 unspecified atom stereocenters. The van der Waals surface area contributed by atoms with Gasteiger partial charge in [0, 0.05) is 20.0 Å². The largest absolute Gasteiger partial charge is 0.373 e. The average molecular weight is 259 g/mol.